The van der Waals surface area contributed by atoms with Gasteiger partial charge in [-0.1, -0.05) is 202 Å². The summed E-state index contributed by atoms with van der Waals surface area (Å²) in [6.07, 6.45) is 6.44. The first-order valence-electron chi connectivity index (χ1n) is 29.3. The minimum Gasteiger partial charge on any atom is -0.311 e. The van der Waals surface area contributed by atoms with E-state index in [-0.39, 0.29) is 23.0 Å². The molecule has 10 aromatic carbocycles. The van der Waals surface area contributed by atoms with Crippen LogP contribution in [-0.4, -0.2) is 15.8 Å². The van der Waals surface area contributed by atoms with E-state index in [0.29, 0.717) is 5.92 Å². The zero-order valence-corrected chi connectivity index (χ0v) is 46.8. The summed E-state index contributed by atoms with van der Waals surface area (Å²) in [6, 6.07) is 69.7. The van der Waals surface area contributed by atoms with Gasteiger partial charge in [-0.3, -0.25) is 0 Å². The van der Waals surface area contributed by atoms with Gasteiger partial charge in [0.15, 0.2) is 0 Å². The van der Waals surface area contributed by atoms with Gasteiger partial charge in [0.25, 0.3) is 6.71 Å². The first-order valence-corrected chi connectivity index (χ1v) is 29.3. The number of fused-ring (bicyclic) bond motifs is 14. The smallest absolute Gasteiger partial charge is 0.252 e. The molecule has 2 aromatic heterocycles. The van der Waals surface area contributed by atoms with Crippen LogP contribution >= 0.6 is 0 Å². The second-order valence-electron chi connectivity index (χ2n) is 26.7. The number of anilines is 3. The summed E-state index contributed by atoms with van der Waals surface area (Å²) in [6.45, 7) is 19.1. The predicted molar refractivity (Wildman–Crippen MR) is 337 cm³/mol. The molecule has 4 heterocycles. The van der Waals surface area contributed by atoms with E-state index in [9.17, 15) is 0 Å². The lowest BCUT2D eigenvalue weighted by Gasteiger charge is -2.42. The van der Waals surface area contributed by atoms with Crippen molar-refractivity contribution in [1.29, 1.82) is 0 Å². The Morgan fingerprint density at radius 2 is 1.13 bits per heavy atom. The molecular formula is C75H64BN3. The van der Waals surface area contributed by atoms with E-state index in [4.69, 9.17) is 0 Å². The third-order valence-electron chi connectivity index (χ3n) is 19.9. The molecule has 79 heavy (non-hydrogen) atoms. The van der Waals surface area contributed by atoms with Gasteiger partial charge in [0.05, 0.1) is 22.2 Å². The molecule has 0 bridgehead atoms. The van der Waals surface area contributed by atoms with Crippen LogP contribution in [-0.2, 0) is 16.2 Å². The highest BCUT2D eigenvalue weighted by atomic mass is 15.2. The van der Waals surface area contributed by atoms with E-state index in [2.05, 4.69) is 245 Å². The minimum atomic E-state index is -0.235. The van der Waals surface area contributed by atoms with Crippen LogP contribution in [0.15, 0.2) is 176 Å². The van der Waals surface area contributed by atoms with Gasteiger partial charge in [-0.25, -0.2) is 0 Å². The lowest BCUT2D eigenvalue weighted by atomic mass is 9.33. The monoisotopic (exact) mass is 1020 g/mol. The van der Waals surface area contributed by atoms with E-state index in [1.165, 1.54) is 193 Å². The highest BCUT2D eigenvalue weighted by Gasteiger charge is 2.46. The van der Waals surface area contributed by atoms with E-state index in [1.807, 2.05) is 0 Å². The van der Waals surface area contributed by atoms with E-state index in [0.717, 1.165) is 0 Å². The number of aromatic nitrogens is 2. The summed E-state index contributed by atoms with van der Waals surface area (Å²) in [4.78, 5) is 2.66. The maximum Gasteiger partial charge on any atom is 0.252 e. The summed E-state index contributed by atoms with van der Waals surface area (Å²) in [5.74, 6) is 0.545. The van der Waals surface area contributed by atoms with Gasteiger partial charge in [-0.05, 0) is 166 Å². The summed E-state index contributed by atoms with van der Waals surface area (Å²) < 4.78 is 5.44. The normalized spacial score (nSPS) is 15.8. The molecule has 0 saturated heterocycles. The molecule has 0 unspecified atom stereocenters. The fourth-order valence-electron chi connectivity index (χ4n) is 16.1. The topological polar surface area (TPSA) is 13.1 Å². The van der Waals surface area contributed by atoms with Crippen molar-refractivity contribution in [2.75, 3.05) is 4.90 Å². The molecule has 1 saturated carbocycles. The third kappa shape index (κ3) is 6.05. The Morgan fingerprint density at radius 3 is 1.89 bits per heavy atom. The van der Waals surface area contributed by atoms with Crippen molar-refractivity contribution < 1.29 is 0 Å². The van der Waals surface area contributed by atoms with Gasteiger partial charge < -0.3 is 14.0 Å². The van der Waals surface area contributed by atoms with E-state index in [1.54, 1.807) is 0 Å². The van der Waals surface area contributed by atoms with E-state index < -0.39 is 0 Å². The van der Waals surface area contributed by atoms with Crippen molar-refractivity contribution >= 4 is 94.5 Å². The molecule has 0 spiro atoms. The fourth-order valence-corrected chi connectivity index (χ4v) is 16.1. The Kier molecular flexibility index (Phi) is 9.06. The molecule has 12 aromatic rings. The Hall–Kier alpha value is -8.08. The molecule has 0 radical (unpaired) electrons. The number of rotatable bonds is 3. The molecule has 17 rings (SSSR count). The summed E-state index contributed by atoms with van der Waals surface area (Å²) in [5.41, 5.74) is 30.3. The number of hydrogen-bond donors (Lipinski definition) is 0. The van der Waals surface area contributed by atoms with Gasteiger partial charge in [0.1, 0.15) is 0 Å². The Balaban J connectivity index is 1.07. The van der Waals surface area contributed by atoms with Crippen LogP contribution in [0, 0.1) is 0 Å². The van der Waals surface area contributed by atoms with Gasteiger partial charge in [0.2, 0.25) is 0 Å². The summed E-state index contributed by atoms with van der Waals surface area (Å²) >= 11 is 0. The standard InChI is InChI=1S/C75H64BN3/c1-73(2,3)46-29-32-48(33-30-46)77-61-37-31-47(74(4,5)6)40-59(61)76-60-39-45(43-18-10-9-11-19-43)38-57-56-35-34-55-52-23-14-15-26-58(52)75(7,8)69(55)72(56)79(71(57)60)65-42-49(41-64(77)70(65)76)78-62-27-17-25-54-51-22-13-12-21-50(51)53-24-16-20-44-28-36-63(78)68(66(44)53)67(54)62/h12-17,20-43H,9-11,18-19H2,1-8H3. The Bertz CT molecular complexity index is 4690. The molecular weight excluding hydrogens is 954 g/mol. The molecule has 0 N–H and O–H groups in total. The number of hydrogen-bond acceptors (Lipinski definition) is 1. The van der Waals surface area contributed by atoms with Gasteiger partial charge in [-0.2, -0.15) is 0 Å². The van der Waals surface area contributed by atoms with Crippen molar-refractivity contribution in [3.05, 3.63) is 204 Å². The van der Waals surface area contributed by atoms with Crippen molar-refractivity contribution in [3.8, 4) is 44.8 Å². The van der Waals surface area contributed by atoms with Crippen LogP contribution in [0.2, 0.25) is 0 Å². The highest BCUT2D eigenvalue weighted by Crippen LogP contribution is 2.55. The number of nitrogens with zero attached hydrogens (tertiary/aromatic N) is 3. The summed E-state index contributed by atoms with van der Waals surface area (Å²) in [7, 11) is 0. The zero-order chi connectivity index (χ0) is 53.2. The molecule has 4 heteroatoms. The van der Waals surface area contributed by atoms with Crippen molar-refractivity contribution in [3.63, 3.8) is 0 Å². The lowest BCUT2D eigenvalue weighted by Crippen LogP contribution is -2.60. The van der Waals surface area contributed by atoms with Crippen LogP contribution in [0.3, 0.4) is 0 Å². The van der Waals surface area contributed by atoms with Crippen LogP contribution in [0.5, 0.6) is 0 Å². The molecule has 3 aliphatic carbocycles. The van der Waals surface area contributed by atoms with Crippen molar-refractivity contribution in [2.24, 2.45) is 0 Å². The average Bonchev–Trinajstić information content (AvgIpc) is 3.90. The fraction of sp³-hybridized carbons (Fsp3) is 0.227. The van der Waals surface area contributed by atoms with Crippen LogP contribution in [0.1, 0.15) is 121 Å². The molecule has 382 valence electrons. The predicted octanol–water partition coefficient (Wildman–Crippen LogP) is 18.2. The summed E-state index contributed by atoms with van der Waals surface area (Å²) in [5, 5.41) is 8.04. The van der Waals surface area contributed by atoms with Crippen molar-refractivity contribution in [2.45, 2.75) is 110 Å². The lowest BCUT2D eigenvalue weighted by molar-refractivity contribution is 0.444. The largest absolute Gasteiger partial charge is 0.311 e. The molecule has 1 fully saturated rings. The second kappa shape index (κ2) is 15.6. The molecule has 0 amide bonds. The second-order valence-corrected chi connectivity index (χ2v) is 26.7. The maximum atomic E-state index is 2.81. The van der Waals surface area contributed by atoms with E-state index >= 15 is 0 Å². The SMILES string of the molecule is CC(C)(C)c1ccc(N2c3ccc(C(C)(C)C)cc3B3c4c2cc(-n2c5cccc6c5c5c7c(cccc7ccc52)-c2ccccc2-6)cc4-n2c4c3cc(C3CCCCC3)cc4c3ccc4c(c32)C(C)(C)c2ccccc2-4)cc1. The van der Waals surface area contributed by atoms with Crippen LogP contribution < -0.4 is 21.3 Å². The van der Waals surface area contributed by atoms with Gasteiger partial charge >= 0.3 is 0 Å². The number of benzene rings is 10. The molecule has 2 aliphatic heterocycles. The maximum absolute atomic E-state index is 2.81. The minimum absolute atomic E-state index is 0.000842. The van der Waals surface area contributed by atoms with Gasteiger partial charge in [0, 0.05) is 55.2 Å². The Morgan fingerprint density at radius 1 is 0.456 bits per heavy atom. The van der Waals surface area contributed by atoms with Crippen molar-refractivity contribution in [1.82, 2.24) is 9.13 Å². The van der Waals surface area contributed by atoms with Crippen LogP contribution in [0.4, 0.5) is 17.1 Å². The third-order valence-corrected chi connectivity index (χ3v) is 19.9. The Labute approximate surface area is 464 Å². The zero-order valence-electron chi connectivity index (χ0n) is 46.8. The first-order chi connectivity index (χ1) is 38.2. The highest BCUT2D eigenvalue weighted by molar-refractivity contribution is 7.00. The molecule has 5 aliphatic rings. The average molecular weight is 1020 g/mol. The first kappa shape index (κ1) is 45.9. The quantitative estimate of drug-likeness (QED) is 0.161. The molecule has 0 atom stereocenters. The molecule has 3 nitrogen and oxygen atoms in total. The van der Waals surface area contributed by atoms with Crippen LogP contribution in [0.25, 0.3) is 99.1 Å². The van der Waals surface area contributed by atoms with Gasteiger partial charge in [-0.15, -0.1) is 0 Å².